The number of amides is 1. The molecule has 0 aromatic heterocycles. The minimum atomic E-state index is 0. The molecule has 1 amide bonds. The Morgan fingerprint density at radius 1 is 1.26 bits per heavy atom. The molecule has 1 unspecified atom stereocenters. The molecule has 118 valence electrons. The molecule has 0 radical (unpaired) electrons. The van der Waals surface area contributed by atoms with Gasteiger partial charge in [-0.1, -0.05) is 20.8 Å². The third-order valence-corrected chi connectivity index (χ3v) is 2.85. The molecule has 0 fully saturated rings. The van der Waals surface area contributed by atoms with Crippen molar-refractivity contribution in [2.75, 3.05) is 27.2 Å². The van der Waals surface area contributed by atoms with E-state index in [2.05, 4.69) is 45.1 Å². The van der Waals surface area contributed by atoms with Crippen LogP contribution in [0.1, 0.15) is 40.0 Å². The van der Waals surface area contributed by atoms with Crippen LogP contribution >= 0.6 is 24.8 Å². The van der Waals surface area contributed by atoms with Crippen molar-refractivity contribution in [1.29, 1.82) is 0 Å². The van der Waals surface area contributed by atoms with Crippen molar-refractivity contribution in [3.8, 4) is 0 Å². The molecule has 6 heteroatoms. The Labute approximate surface area is 130 Å². The van der Waals surface area contributed by atoms with Gasteiger partial charge in [0.15, 0.2) is 0 Å². The van der Waals surface area contributed by atoms with Gasteiger partial charge in [-0.15, -0.1) is 24.8 Å². The molecule has 0 saturated heterocycles. The summed E-state index contributed by atoms with van der Waals surface area (Å²) in [7, 11) is 4.10. The van der Waals surface area contributed by atoms with Crippen molar-refractivity contribution in [2.45, 2.75) is 46.1 Å². The predicted molar refractivity (Wildman–Crippen MR) is 87.3 cm³/mol. The summed E-state index contributed by atoms with van der Waals surface area (Å²) in [4.78, 5) is 13.9. The smallest absolute Gasteiger partial charge is 0.220 e. The Balaban J connectivity index is -0.00000128. The van der Waals surface area contributed by atoms with Crippen LogP contribution in [-0.4, -0.2) is 44.0 Å². The summed E-state index contributed by atoms with van der Waals surface area (Å²) in [6.07, 6.45) is 2.27. The van der Waals surface area contributed by atoms with E-state index in [1.807, 2.05) is 0 Å². The lowest BCUT2D eigenvalue weighted by Gasteiger charge is -2.32. The maximum Gasteiger partial charge on any atom is 0.220 e. The second kappa shape index (κ2) is 11.8. The first-order valence-electron chi connectivity index (χ1n) is 6.41. The van der Waals surface area contributed by atoms with Crippen LogP contribution in [0.15, 0.2) is 0 Å². The van der Waals surface area contributed by atoms with Gasteiger partial charge in [-0.05, 0) is 45.4 Å². The molecule has 0 aliphatic rings. The monoisotopic (exact) mass is 315 g/mol. The maximum absolute atomic E-state index is 11.7. The second-order valence-electron chi connectivity index (χ2n) is 5.97. The number of hydrogen-bond acceptors (Lipinski definition) is 3. The van der Waals surface area contributed by atoms with E-state index in [0.29, 0.717) is 13.0 Å². The molecule has 0 aliphatic carbocycles. The topological polar surface area (TPSA) is 58.4 Å². The van der Waals surface area contributed by atoms with E-state index in [9.17, 15) is 4.79 Å². The molecule has 4 nitrogen and oxygen atoms in total. The van der Waals surface area contributed by atoms with E-state index in [4.69, 9.17) is 5.73 Å². The zero-order valence-electron chi connectivity index (χ0n) is 12.9. The number of nitrogens with zero attached hydrogens (tertiary/aromatic N) is 1. The van der Waals surface area contributed by atoms with Gasteiger partial charge < -0.3 is 16.0 Å². The molecule has 0 heterocycles. The zero-order valence-corrected chi connectivity index (χ0v) is 14.5. The largest absolute Gasteiger partial charge is 0.353 e. The number of hydrogen-bond donors (Lipinski definition) is 2. The Hall–Kier alpha value is -0.0300. The number of nitrogens with one attached hydrogen (secondary N) is 1. The first kappa shape index (κ1) is 24.0. The van der Waals surface area contributed by atoms with Crippen molar-refractivity contribution >= 4 is 30.7 Å². The summed E-state index contributed by atoms with van der Waals surface area (Å²) in [5, 5.41) is 3.13. The van der Waals surface area contributed by atoms with E-state index in [-0.39, 0.29) is 42.2 Å². The van der Waals surface area contributed by atoms with Crippen LogP contribution in [-0.2, 0) is 4.79 Å². The van der Waals surface area contributed by atoms with Crippen LogP contribution in [0.2, 0.25) is 0 Å². The zero-order chi connectivity index (χ0) is 13.5. The fourth-order valence-corrected chi connectivity index (χ4v) is 1.64. The molecule has 0 aliphatic heterocycles. The quantitative estimate of drug-likeness (QED) is 0.756. The Morgan fingerprint density at radius 3 is 2.16 bits per heavy atom. The minimum absolute atomic E-state index is 0. The Kier molecular flexibility index (Phi) is 14.9. The van der Waals surface area contributed by atoms with Gasteiger partial charge in [0.05, 0.1) is 0 Å². The van der Waals surface area contributed by atoms with Gasteiger partial charge in [0.2, 0.25) is 5.91 Å². The standard InChI is InChI=1S/C13H29N3O.2ClH/c1-13(2,3)11(8-10-16(4)5)15-12(17)7-6-9-14;;/h11H,6-10,14H2,1-5H3,(H,15,17);2*1H. The average molecular weight is 316 g/mol. The predicted octanol–water partition coefficient (Wildman–Crippen LogP) is 2.05. The molecule has 0 aromatic rings. The Morgan fingerprint density at radius 2 is 1.79 bits per heavy atom. The summed E-state index contributed by atoms with van der Waals surface area (Å²) in [6, 6.07) is 0.218. The number of carbonyl (C=O) groups excluding carboxylic acids is 1. The highest BCUT2D eigenvalue weighted by molar-refractivity contribution is 5.85. The van der Waals surface area contributed by atoms with Crippen LogP contribution in [0.4, 0.5) is 0 Å². The molecule has 0 spiro atoms. The highest BCUT2D eigenvalue weighted by atomic mass is 35.5. The fourth-order valence-electron chi connectivity index (χ4n) is 1.64. The molecule has 0 saturated carbocycles. The lowest BCUT2D eigenvalue weighted by atomic mass is 9.84. The summed E-state index contributed by atoms with van der Waals surface area (Å²) in [5.74, 6) is 0.120. The van der Waals surface area contributed by atoms with E-state index in [1.54, 1.807) is 0 Å². The van der Waals surface area contributed by atoms with Crippen molar-refractivity contribution in [3.05, 3.63) is 0 Å². The van der Waals surface area contributed by atoms with Crippen molar-refractivity contribution in [2.24, 2.45) is 11.1 Å². The lowest BCUT2D eigenvalue weighted by molar-refractivity contribution is -0.122. The van der Waals surface area contributed by atoms with Gasteiger partial charge in [0.25, 0.3) is 0 Å². The molecule has 0 rings (SSSR count). The number of nitrogens with two attached hydrogens (primary N) is 1. The van der Waals surface area contributed by atoms with Gasteiger partial charge in [-0.25, -0.2) is 0 Å². The second-order valence-corrected chi connectivity index (χ2v) is 5.97. The van der Waals surface area contributed by atoms with E-state index in [1.165, 1.54) is 0 Å². The van der Waals surface area contributed by atoms with E-state index < -0.39 is 0 Å². The summed E-state index contributed by atoms with van der Waals surface area (Å²) >= 11 is 0. The molecule has 19 heavy (non-hydrogen) atoms. The van der Waals surface area contributed by atoms with Gasteiger partial charge >= 0.3 is 0 Å². The lowest BCUT2D eigenvalue weighted by Crippen LogP contribution is -2.45. The van der Waals surface area contributed by atoms with E-state index >= 15 is 0 Å². The molecule has 0 bridgehead atoms. The van der Waals surface area contributed by atoms with Crippen molar-refractivity contribution in [1.82, 2.24) is 10.2 Å². The molecule has 3 N–H and O–H groups in total. The summed E-state index contributed by atoms with van der Waals surface area (Å²) in [6.45, 7) is 8.05. The molecule has 0 aromatic carbocycles. The van der Waals surface area contributed by atoms with Crippen LogP contribution in [0.25, 0.3) is 0 Å². The van der Waals surface area contributed by atoms with Crippen LogP contribution in [0.3, 0.4) is 0 Å². The van der Waals surface area contributed by atoms with Gasteiger partial charge in [-0.2, -0.15) is 0 Å². The van der Waals surface area contributed by atoms with Crippen molar-refractivity contribution in [3.63, 3.8) is 0 Å². The summed E-state index contributed by atoms with van der Waals surface area (Å²) < 4.78 is 0. The van der Waals surface area contributed by atoms with Crippen LogP contribution in [0.5, 0.6) is 0 Å². The third-order valence-electron chi connectivity index (χ3n) is 2.85. The number of carbonyl (C=O) groups is 1. The van der Waals surface area contributed by atoms with E-state index in [0.717, 1.165) is 19.4 Å². The van der Waals surface area contributed by atoms with Gasteiger partial charge in [0.1, 0.15) is 0 Å². The van der Waals surface area contributed by atoms with Gasteiger partial charge in [0, 0.05) is 12.5 Å². The normalized spacial score (nSPS) is 12.4. The average Bonchev–Trinajstić information content (AvgIpc) is 2.19. The Bertz CT molecular complexity index is 230. The fraction of sp³-hybridized carbons (Fsp3) is 0.923. The molecular formula is C13H31Cl2N3O. The highest BCUT2D eigenvalue weighted by Gasteiger charge is 2.25. The maximum atomic E-state index is 11.7. The van der Waals surface area contributed by atoms with Crippen LogP contribution < -0.4 is 11.1 Å². The number of rotatable bonds is 7. The number of halogens is 2. The first-order valence-corrected chi connectivity index (χ1v) is 6.41. The summed E-state index contributed by atoms with van der Waals surface area (Å²) in [5.41, 5.74) is 5.50. The first-order chi connectivity index (χ1) is 7.77. The highest BCUT2D eigenvalue weighted by Crippen LogP contribution is 2.22. The minimum Gasteiger partial charge on any atom is -0.353 e. The van der Waals surface area contributed by atoms with Gasteiger partial charge in [-0.3, -0.25) is 4.79 Å². The van der Waals surface area contributed by atoms with Crippen molar-refractivity contribution < 1.29 is 4.79 Å². The molecular weight excluding hydrogens is 285 g/mol. The van der Waals surface area contributed by atoms with Crippen LogP contribution in [0, 0.1) is 5.41 Å². The molecule has 1 atom stereocenters. The SMILES string of the molecule is CN(C)CCC(NC(=O)CCCN)C(C)(C)C.Cl.Cl. The third kappa shape index (κ3) is 12.7.